The quantitative estimate of drug-likeness (QED) is 0.601. The van der Waals surface area contributed by atoms with E-state index < -0.39 is 17.5 Å². The largest absolute Gasteiger partial charge is 0.566 e. The van der Waals surface area contributed by atoms with Gasteiger partial charge in [-0.05, 0) is 17.2 Å². The molecule has 0 bridgehead atoms. The number of nitrogens with zero attached hydrogens (tertiary/aromatic N) is 3. The number of hydrogen-bond donors (Lipinski definition) is 0. The van der Waals surface area contributed by atoms with E-state index in [9.17, 15) is 9.35 Å². The minimum Gasteiger partial charge on any atom is -0.566 e. The zero-order chi connectivity index (χ0) is 15.5. The first-order chi connectivity index (χ1) is 10.7. The Morgan fingerprint density at radius 1 is 1.68 bits per heavy atom. The lowest BCUT2D eigenvalue weighted by atomic mass is 10.2. The van der Waals surface area contributed by atoms with Gasteiger partial charge in [0.15, 0.2) is 11.4 Å². The second kappa shape index (κ2) is 6.78. The predicted octanol–water partition coefficient (Wildman–Crippen LogP) is 1.06. The third kappa shape index (κ3) is 3.17. The van der Waals surface area contributed by atoms with Crippen LogP contribution in [0.2, 0.25) is 0 Å². The Kier molecular flexibility index (Phi) is 4.77. The van der Waals surface area contributed by atoms with Gasteiger partial charge in [0.05, 0.1) is 19.8 Å². The second-order valence-corrected chi connectivity index (χ2v) is 6.74. The van der Waals surface area contributed by atoms with E-state index in [-0.39, 0.29) is 11.8 Å². The Balaban J connectivity index is 1.87. The van der Waals surface area contributed by atoms with E-state index in [0.717, 1.165) is 12.8 Å². The summed E-state index contributed by atoms with van der Waals surface area (Å²) in [6.45, 7) is 1.04. The van der Waals surface area contributed by atoms with Crippen LogP contribution in [-0.2, 0) is 25.8 Å². The molecule has 1 saturated heterocycles. The fourth-order valence-electron chi connectivity index (χ4n) is 2.30. The third-order valence-corrected chi connectivity index (χ3v) is 5.22. The van der Waals surface area contributed by atoms with Crippen molar-refractivity contribution in [3.63, 3.8) is 0 Å². The van der Waals surface area contributed by atoms with Crippen molar-refractivity contribution in [3.8, 4) is 0 Å². The SMILES string of the molecule is COC(=O)C1=CC(c2nccs2)=N[S+]([O-])N1CC1CCCO1. The number of hydrogen-bond acceptors (Lipinski definition) is 8. The minimum atomic E-state index is -1.70. The van der Waals surface area contributed by atoms with Crippen LogP contribution < -0.4 is 0 Å². The first kappa shape index (κ1) is 15.5. The lowest BCUT2D eigenvalue weighted by molar-refractivity contribution is -0.137. The van der Waals surface area contributed by atoms with Crippen molar-refractivity contribution >= 4 is 34.6 Å². The molecule has 2 aliphatic heterocycles. The van der Waals surface area contributed by atoms with Gasteiger partial charge in [-0.15, -0.1) is 11.3 Å². The molecule has 0 aliphatic carbocycles. The van der Waals surface area contributed by atoms with Gasteiger partial charge in [-0.3, -0.25) is 0 Å². The average molecular weight is 341 g/mol. The average Bonchev–Trinajstić information content (AvgIpc) is 3.21. The van der Waals surface area contributed by atoms with Gasteiger partial charge in [-0.1, -0.05) is 0 Å². The number of allylic oxidation sites excluding steroid dienone is 1. The van der Waals surface area contributed by atoms with E-state index in [4.69, 9.17) is 9.47 Å². The molecule has 2 atom stereocenters. The summed E-state index contributed by atoms with van der Waals surface area (Å²) in [5.74, 6) is -0.546. The molecule has 0 amide bonds. The molecule has 3 rings (SSSR count). The van der Waals surface area contributed by atoms with Crippen molar-refractivity contribution in [1.82, 2.24) is 9.29 Å². The Hall–Kier alpha value is -1.42. The van der Waals surface area contributed by atoms with E-state index >= 15 is 0 Å². The van der Waals surface area contributed by atoms with Crippen LogP contribution in [0, 0.1) is 0 Å². The summed E-state index contributed by atoms with van der Waals surface area (Å²) in [5.41, 5.74) is 0.647. The number of rotatable bonds is 4. The highest BCUT2D eigenvalue weighted by molar-refractivity contribution is 7.88. The lowest BCUT2D eigenvalue weighted by Gasteiger charge is -2.27. The normalized spacial score (nSPS) is 24.9. The molecule has 2 aliphatic rings. The maximum Gasteiger partial charge on any atom is 0.359 e. The van der Waals surface area contributed by atoms with Gasteiger partial charge in [-0.25, -0.2) is 9.78 Å². The van der Waals surface area contributed by atoms with Crippen molar-refractivity contribution in [1.29, 1.82) is 0 Å². The second-order valence-electron chi connectivity index (χ2n) is 4.76. The van der Waals surface area contributed by atoms with Crippen LogP contribution in [0.4, 0.5) is 0 Å². The number of ether oxygens (including phenoxy) is 2. The third-order valence-electron chi connectivity index (χ3n) is 3.35. The molecule has 0 N–H and O–H groups in total. The zero-order valence-corrected chi connectivity index (χ0v) is 13.6. The van der Waals surface area contributed by atoms with Crippen LogP contribution in [0.5, 0.6) is 0 Å². The summed E-state index contributed by atoms with van der Waals surface area (Å²) in [6, 6.07) is 0. The predicted molar refractivity (Wildman–Crippen MR) is 82.6 cm³/mol. The van der Waals surface area contributed by atoms with Crippen LogP contribution in [0.3, 0.4) is 0 Å². The van der Waals surface area contributed by atoms with Crippen LogP contribution in [0.25, 0.3) is 0 Å². The maximum absolute atomic E-state index is 12.4. The fraction of sp³-hybridized carbons (Fsp3) is 0.462. The van der Waals surface area contributed by atoms with E-state index in [2.05, 4.69) is 9.38 Å². The van der Waals surface area contributed by atoms with Gasteiger partial charge in [0, 0.05) is 24.3 Å². The molecule has 1 fully saturated rings. The van der Waals surface area contributed by atoms with Crippen LogP contribution in [-0.4, -0.2) is 51.9 Å². The maximum atomic E-state index is 12.4. The van der Waals surface area contributed by atoms with Crippen LogP contribution >= 0.6 is 11.3 Å². The Labute approximate surface area is 135 Å². The summed E-state index contributed by atoms with van der Waals surface area (Å²) in [5, 5.41) is 2.41. The Morgan fingerprint density at radius 2 is 2.55 bits per heavy atom. The summed E-state index contributed by atoms with van der Waals surface area (Å²) in [7, 11) is 1.30. The molecule has 3 heterocycles. The van der Waals surface area contributed by atoms with Gasteiger partial charge in [0.1, 0.15) is 5.01 Å². The highest BCUT2D eigenvalue weighted by atomic mass is 32.2. The molecular formula is C13H15N3O4S2. The molecule has 1 aromatic rings. The highest BCUT2D eigenvalue weighted by Crippen LogP contribution is 2.25. The summed E-state index contributed by atoms with van der Waals surface area (Å²) >= 11 is -0.331. The molecule has 9 heteroatoms. The Bertz CT molecular complexity index is 596. The van der Waals surface area contributed by atoms with Gasteiger partial charge in [0.25, 0.3) is 0 Å². The summed E-state index contributed by atoms with van der Waals surface area (Å²) in [6.07, 6.45) is 5.01. The lowest BCUT2D eigenvalue weighted by Crippen LogP contribution is -2.41. The topological polar surface area (TPSA) is 87.1 Å². The number of esters is 1. The summed E-state index contributed by atoms with van der Waals surface area (Å²) in [4.78, 5) is 16.2. The molecule has 118 valence electrons. The zero-order valence-electron chi connectivity index (χ0n) is 11.9. The minimum absolute atomic E-state index is 0.0476. The van der Waals surface area contributed by atoms with Crippen molar-refractivity contribution in [2.75, 3.05) is 20.3 Å². The number of thiazole rings is 1. The molecule has 0 aromatic carbocycles. The van der Waals surface area contributed by atoms with Crippen LogP contribution in [0.1, 0.15) is 17.8 Å². The molecular weight excluding hydrogens is 326 g/mol. The molecule has 0 spiro atoms. The molecule has 2 unspecified atom stereocenters. The van der Waals surface area contributed by atoms with Gasteiger partial charge in [-0.2, -0.15) is 4.31 Å². The van der Waals surface area contributed by atoms with Crippen LogP contribution in [0.15, 0.2) is 27.7 Å². The standard InChI is InChI=1S/C13H15N3O4S2/c1-19-13(17)11-7-10(12-14-4-6-21-12)15-22(18)16(11)8-9-3-2-5-20-9/h4,6-7,9H,2-3,5,8H2,1H3. The van der Waals surface area contributed by atoms with Gasteiger partial charge >= 0.3 is 5.97 Å². The van der Waals surface area contributed by atoms with E-state index in [1.54, 1.807) is 17.7 Å². The van der Waals surface area contributed by atoms with Crippen molar-refractivity contribution in [2.45, 2.75) is 18.9 Å². The van der Waals surface area contributed by atoms with Gasteiger partial charge < -0.3 is 14.0 Å². The number of methoxy groups -OCH3 is 1. The number of carbonyl (C=O) groups is 1. The number of aromatic nitrogens is 1. The van der Waals surface area contributed by atoms with E-state index in [1.165, 1.54) is 22.8 Å². The van der Waals surface area contributed by atoms with Crippen molar-refractivity contribution < 1.29 is 18.8 Å². The molecule has 1 aromatic heterocycles. The monoisotopic (exact) mass is 341 g/mol. The van der Waals surface area contributed by atoms with Crippen molar-refractivity contribution in [2.24, 2.45) is 4.40 Å². The van der Waals surface area contributed by atoms with E-state index in [0.29, 0.717) is 23.9 Å². The summed E-state index contributed by atoms with van der Waals surface area (Å²) < 4.78 is 28.4. The first-order valence-electron chi connectivity index (χ1n) is 6.78. The highest BCUT2D eigenvalue weighted by Gasteiger charge is 2.37. The smallest absolute Gasteiger partial charge is 0.359 e. The Morgan fingerprint density at radius 3 is 3.18 bits per heavy atom. The molecule has 0 saturated carbocycles. The number of carbonyl (C=O) groups excluding carboxylic acids is 1. The van der Waals surface area contributed by atoms with Gasteiger partial charge in [0.2, 0.25) is 11.5 Å². The molecule has 22 heavy (non-hydrogen) atoms. The molecule has 0 radical (unpaired) electrons. The van der Waals surface area contributed by atoms with E-state index in [1.807, 2.05) is 0 Å². The fourth-order valence-corrected chi connectivity index (χ4v) is 3.95. The van der Waals surface area contributed by atoms with Crippen molar-refractivity contribution in [3.05, 3.63) is 28.4 Å². The molecule has 7 nitrogen and oxygen atoms in total. The first-order valence-corrected chi connectivity index (χ1v) is 8.73.